The highest BCUT2D eigenvalue weighted by Gasteiger charge is 2.24. The lowest BCUT2D eigenvalue weighted by Gasteiger charge is -2.15. The molecular weight excluding hydrogens is 318 g/mol. The zero-order valence-corrected chi connectivity index (χ0v) is 13.9. The van der Waals surface area contributed by atoms with E-state index in [0.717, 1.165) is 17.9 Å². The Morgan fingerprint density at radius 1 is 1.33 bits per heavy atom. The maximum absolute atomic E-state index is 13.8. The molecule has 0 aromatic heterocycles. The molecule has 1 unspecified atom stereocenters. The Labute approximate surface area is 128 Å². The summed E-state index contributed by atoms with van der Waals surface area (Å²) in [6.07, 6.45) is 0. The first kappa shape index (κ1) is 18.3. The van der Waals surface area contributed by atoms with Crippen LogP contribution in [0.3, 0.4) is 0 Å². The number of rotatable bonds is 8. The molecule has 0 bridgehead atoms. The normalized spacial score (nSPS) is 13.4. The van der Waals surface area contributed by atoms with Gasteiger partial charge in [0.25, 0.3) is 0 Å². The molecular formula is C13H20F2N2O2S2. The highest BCUT2D eigenvalue weighted by Crippen LogP contribution is 2.20. The predicted octanol–water partition coefficient (Wildman–Crippen LogP) is 2.10. The molecule has 1 aromatic carbocycles. The van der Waals surface area contributed by atoms with Crippen LogP contribution in [0, 0.1) is 11.6 Å². The van der Waals surface area contributed by atoms with Gasteiger partial charge in [-0.1, -0.05) is 6.92 Å². The molecule has 0 saturated carbocycles. The van der Waals surface area contributed by atoms with E-state index in [1.807, 2.05) is 6.92 Å². The van der Waals surface area contributed by atoms with E-state index < -0.39 is 26.6 Å². The van der Waals surface area contributed by atoms with Gasteiger partial charge in [-0.15, -0.1) is 0 Å². The third kappa shape index (κ3) is 5.21. The highest BCUT2D eigenvalue weighted by molar-refractivity contribution is 7.99. The second-order valence-corrected chi connectivity index (χ2v) is 7.60. The van der Waals surface area contributed by atoms with Crippen LogP contribution in [-0.2, 0) is 16.6 Å². The Bertz CT molecular complexity index is 580. The molecule has 1 rings (SSSR count). The second kappa shape index (κ2) is 8.07. The molecule has 0 heterocycles. The van der Waals surface area contributed by atoms with Gasteiger partial charge in [-0.05, 0) is 37.4 Å². The van der Waals surface area contributed by atoms with Crippen LogP contribution >= 0.6 is 11.8 Å². The van der Waals surface area contributed by atoms with Crippen molar-refractivity contribution < 1.29 is 17.2 Å². The average Bonchev–Trinajstić information content (AvgIpc) is 2.40. The summed E-state index contributed by atoms with van der Waals surface area (Å²) in [5.41, 5.74) is 0.368. The first-order chi connectivity index (χ1) is 9.81. The van der Waals surface area contributed by atoms with E-state index >= 15 is 0 Å². The Hall–Kier alpha value is -0.700. The minimum atomic E-state index is -4.09. The van der Waals surface area contributed by atoms with Crippen molar-refractivity contribution in [3.05, 3.63) is 29.3 Å². The predicted molar refractivity (Wildman–Crippen MR) is 81.9 cm³/mol. The standard InChI is InChI=1S/C13H20F2N2O2S2/c1-4-20-8-9(2)17-21(18,19)12-6-10(7-16-3)5-11(14)13(12)15/h5-6,9,16-17H,4,7-8H2,1-3H3. The topological polar surface area (TPSA) is 58.2 Å². The largest absolute Gasteiger partial charge is 0.316 e. The molecule has 0 aliphatic rings. The van der Waals surface area contributed by atoms with Gasteiger partial charge in [-0.3, -0.25) is 0 Å². The number of halogens is 2. The number of hydrogen-bond donors (Lipinski definition) is 2. The van der Waals surface area contributed by atoms with Crippen LogP contribution in [-0.4, -0.2) is 33.0 Å². The van der Waals surface area contributed by atoms with Gasteiger partial charge in [0.15, 0.2) is 11.6 Å². The van der Waals surface area contributed by atoms with Crippen molar-refractivity contribution in [2.24, 2.45) is 0 Å². The van der Waals surface area contributed by atoms with Crippen LogP contribution in [0.25, 0.3) is 0 Å². The number of hydrogen-bond acceptors (Lipinski definition) is 4. The minimum absolute atomic E-state index is 0.251. The third-order valence-electron chi connectivity index (χ3n) is 2.65. The maximum Gasteiger partial charge on any atom is 0.243 e. The van der Waals surface area contributed by atoms with Crippen molar-refractivity contribution in [1.29, 1.82) is 0 Å². The molecule has 0 amide bonds. The second-order valence-electron chi connectivity index (χ2n) is 4.60. The summed E-state index contributed by atoms with van der Waals surface area (Å²) < 4.78 is 54.1. The van der Waals surface area contributed by atoms with Gasteiger partial charge in [-0.25, -0.2) is 21.9 Å². The van der Waals surface area contributed by atoms with E-state index in [9.17, 15) is 17.2 Å². The summed E-state index contributed by atoms with van der Waals surface area (Å²) in [6.45, 7) is 3.90. The average molecular weight is 338 g/mol. The minimum Gasteiger partial charge on any atom is -0.316 e. The van der Waals surface area contributed by atoms with Crippen molar-refractivity contribution in [2.75, 3.05) is 18.6 Å². The molecule has 1 atom stereocenters. The lowest BCUT2D eigenvalue weighted by molar-refractivity contribution is 0.480. The lowest BCUT2D eigenvalue weighted by Crippen LogP contribution is -2.35. The summed E-state index contributed by atoms with van der Waals surface area (Å²) in [6, 6.07) is 1.77. The van der Waals surface area contributed by atoms with E-state index in [4.69, 9.17) is 0 Å². The Balaban J connectivity index is 3.06. The summed E-state index contributed by atoms with van der Waals surface area (Å²) in [5.74, 6) is -1.10. The summed E-state index contributed by atoms with van der Waals surface area (Å²) in [7, 11) is -2.45. The molecule has 0 spiro atoms. The molecule has 0 fully saturated rings. The van der Waals surface area contributed by atoms with Gasteiger partial charge in [0, 0.05) is 18.3 Å². The Morgan fingerprint density at radius 3 is 2.57 bits per heavy atom. The molecule has 4 nitrogen and oxygen atoms in total. The molecule has 120 valence electrons. The van der Waals surface area contributed by atoms with Crippen molar-refractivity contribution in [1.82, 2.24) is 10.0 Å². The van der Waals surface area contributed by atoms with Crippen LogP contribution < -0.4 is 10.0 Å². The maximum atomic E-state index is 13.8. The fourth-order valence-corrected chi connectivity index (χ4v) is 3.93. The van der Waals surface area contributed by atoms with Gasteiger partial charge < -0.3 is 5.32 Å². The van der Waals surface area contributed by atoms with Gasteiger partial charge >= 0.3 is 0 Å². The molecule has 21 heavy (non-hydrogen) atoms. The lowest BCUT2D eigenvalue weighted by atomic mass is 10.2. The summed E-state index contributed by atoms with van der Waals surface area (Å²) in [5, 5.41) is 2.77. The summed E-state index contributed by atoms with van der Waals surface area (Å²) >= 11 is 1.57. The van der Waals surface area contributed by atoms with Crippen molar-refractivity contribution >= 4 is 21.8 Å². The number of nitrogens with one attached hydrogen (secondary N) is 2. The van der Waals surface area contributed by atoms with Crippen LogP contribution in [0.5, 0.6) is 0 Å². The fraction of sp³-hybridized carbons (Fsp3) is 0.538. The van der Waals surface area contributed by atoms with E-state index in [0.29, 0.717) is 11.3 Å². The van der Waals surface area contributed by atoms with Gasteiger partial charge in [-0.2, -0.15) is 11.8 Å². The first-order valence-electron chi connectivity index (χ1n) is 6.54. The summed E-state index contributed by atoms with van der Waals surface area (Å²) in [4.78, 5) is -0.652. The zero-order valence-electron chi connectivity index (χ0n) is 12.2. The smallest absolute Gasteiger partial charge is 0.243 e. The van der Waals surface area contributed by atoms with Gasteiger partial charge in [0.05, 0.1) is 0 Å². The molecule has 2 N–H and O–H groups in total. The van der Waals surface area contributed by atoms with Crippen molar-refractivity contribution in [3.63, 3.8) is 0 Å². The van der Waals surface area contributed by atoms with Crippen LogP contribution in [0.1, 0.15) is 19.4 Å². The highest BCUT2D eigenvalue weighted by atomic mass is 32.2. The first-order valence-corrected chi connectivity index (χ1v) is 9.18. The van der Waals surface area contributed by atoms with Gasteiger partial charge in [0.2, 0.25) is 10.0 Å². The molecule has 8 heteroatoms. The Kier molecular flexibility index (Phi) is 7.05. The molecule has 0 aliphatic heterocycles. The number of benzene rings is 1. The van der Waals surface area contributed by atoms with Crippen LogP contribution in [0.15, 0.2) is 17.0 Å². The monoisotopic (exact) mass is 338 g/mol. The van der Waals surface area contributed by atoms with Crippen LogP contribution in [0.2, 0.25) is 0 Å². The fourth-order valence-electron chi connectivity index (χ4n) is 1.78. The van der Waals surface area contributed by atoms with E-state index in [2.05, 4.69) is 10.0 Å². The number of sulfonamides is 1. The number of thioether (sulfide) groups is 1. The van der Waals surface area contributed by atoms with E-state index in [1.165, 1.54) is 0 Å². The quantitative estimate of drug-likeness (QED) is 0.762. The SMILES string of the molecule is CCSCC(C)NS(=O)(=O)c1cc(CNC)cc(F)c1F. The van der Waals surface area contributed by atoms with Gasteiger partial charge in [0.1, 0.15) is 4.90 Å². The van der Waals surface area contributed by atoms with E-state index in [-0.39, 0.29) is 12.6 Å². The molecule has 0 saturated heterocycles. The zero-order chi connectivity index (χ0) is 16.0. The van der Waals surface area contributed by atoms with Crippen molar-refractivity contribution in [3.8, 4) is 0 Å². The van der Waals surface area contributed by atoms with Crippen LogP contribution in [0.4, 0.5) is 8.78 Å². The molecule has 1 aromatic rings. The molecule has 0 aliphatic carbocycles. The Morgan fingerprint density at radius 2 is 2.00 bits per heavy atom. The van der Waals surface area contributed by atoms with Crippen molar-refractivity contribution in [2.45, 2.75) is 31.3 Å². The van der Waals surface area contributed by atoms with E-state index in [1.54, 1.807) is 25.7 Å². The third-order valence-corrected chi connectivity index (χ3v) is 5.39. The molecule has 0 radical (unpaired) electrons.